The minimum atomic E-state index is 0.0419. The Morgan fingerprint density at radius 2 is 2.17 bits per heavy atom. The van der Waals surface area contributed by atoms with E-state index in [4.69, 9.17) is 9.84 Å². The van der Waals surface area contributed by atoms with Gasteiger partial charge in [0.25, 0.3) is 0 Å². The molecule has 2 aliphatic heterocycles. The van der Waals surface area contributed by atoms with E-state index < -0.39 is 0 Å². The number of carbonyl (C=O) groups is 1. The quantitative estimate of drug-likeness (QED) is 0.891. The molecule has 0 aromatic carbocycles. The summed E-state index contributed by atoms with van der Waals surface area (Å²) in [6.45, 7) is 5.15. The van der Waals surface area contributed by atoms with Crippen LogP contribution in [-0.4, -0.2) is 58.1 Å². The number of hydrogen-bond donors (Lipinski definition) is 1. The van der Waals surface area contributed by atoms with Crippen molar-refractivity contribution in [3.8, 4) is 0 Å². The van der Waals surface area contributed by atoms with E-state index in [0.29, 0.717) is 12.5 Å². The third-order valence-electron chi connectivity index (χ3n) is 5.45. The number of piperidine rings is 1. The van der Waals surface area contributed by atoms with Crippen molar-refractivity contribution in [1.29, 1.82) is 0 Å². The number of aromatic nitrogens is 2. The molecule has 2 fully saturated rings. The lowest BCUT2D eigenvalue weighted by molar-refractivity contribution is -0.146. The molecule has 0 bridgehead atoms. The fourth-order valence-corrected chi connectivity index (χ4v) is 4.13. The number of aliphatic hydroxyl groups excluding tert-OH is 1. The number of rotatable bonds is 5. The summed E-state index contributed by atoms with van der Waals surface area (Å²) in [6.07, 6.45) is 6.68. The van der Waals surface area contributed by atoms with Crippen LogP contribution in [0.15, 0.2) is 12.3 Å². The Labute approximate surface area is 143 Å². The van der Waals surface area contributed by atoms with Gasteiger partial charge in [-0.05, 0) is 38.2 Å². The SMILES string of the molecule is CC[C@@H]1OCCC[C@@H]1C(=O)N1CCC(c2ccnn2CCO)CC1. The van der Waals surface area contributed by atoms with E-state index in [2.05, 4.69) is 12.0 Å². The van der Waals surface area contributed by atoms with E-state index in [0.717, 1.165) is 51.8 Å². The second-order valence-corrected chi connectivity index (χ2v) is 6.87. The molecule has 3 rings (SSSR count). The Balaban J connectivity index is 1.58. The zero-order valence-electron chi connectivity index (χ0n) is 14.6. The van der Waals surface area contributed by atoms with Crippen molar-refractivity contribution >= 4 is 5.91 Å². The highest BCUT2D eigenvalue weighted by molar-refractivity contribution is 5.79. The largest absolute Gasteiger partial charge is 0.394 e. The third kappa shape index (κ3) is 3.64. The van der Waals surface area contributed by atoms with Gasteiger partial charge in [0, 0.05) is 37.5 Å². The molecule has 0 aliphatic carbocycles. The lowest BCUT2D eigenvalue weighted by atomic mass is 9.88. The fourth-order valence-electron chi connectivity index (χ4n) is 4.13. The highest BCUT2D eigenvalue weighted by atomic mass is 16.5. The number of likely N-dealkylation sites (tertiary alicyclic amines) is 1. The molecule has 6 nitrogen and oxygen atoms in total. The smallest absolute Gasteiger partial charge is 0.228 e. The van der Waals surface area contributed by atoms with Crippen molar-refractivity contribution in [3.63, 3.8) is 0 Å². The van der Waals surface area contributed by atoms with E-state index in [1.54, 1.807) is 6.20 Å². The van der Waals surface area contributed by atoms with E-state index in [1.165, 1.54) is 5.69 Å². The first-order valence-corrected chi connectivity index (χ1v) is 9.27. The minimum Gasteiger partial charge on any atom is -0.394 e. The van der Waals surface area contributed by atoms with E-state index in [-0.39, 0.29) is 24.5 Å². The summed E-state index contributed by atoms with van der Waals surface area (Å²) in [6, 6.07) is 2.04. The normalized spacial score (nSPS) is 25.8. The molecular weight excluding hydrogens is 306 g/mol. The Bertz CT molecular complexity index is 537. The van der Waals surface area contributed by atoms with Gasteiger partial charge in [0.1, 0.15) is 0 Å². The summed E-state index contributed by atoms with van der Waals surface area (Å²) in [4.78, 5) is 14.9. The van der Waals surface area contributed by atoms with Crippen LogP contribution in [0.3, 0.4) is 0 Å². The van der Waals surface area contributed by atoms with E-state index in [1.807, 2.05) is 15.6 Å². The van der Waals surface area contributed by atoms with Crippen LogP contribution < -0.4 is 0 Å². The maximum atomic E-state index is 12.9. The van der Waals surface area contributed by atoms with Gasteiger partial charge in [-0.15, -0.1) is 0 Å². The van der Waals surface area contributed by atoms with Gasteiger partial charge in [-0.3, -0.25) is 9.48 Å². The minimum absolute atomic E-state index is 0.0419. The van der Waals surface area contributed by atoms with Crippen LogP contribution in [0.4, 0.5) is 0 Å². The molecule has 24 heavy (non-hydrogen) atoms. The van der Waals surface area contributed by atoms with Crippen molar-refractivity contribution < 1.29 is 14.6 Å². The maximum Gasteiger partial charge on any atom is 0.228 e. The molecule has 0 unspecified atom stereocenters. The summed E-state index contributed by atoms with van der Waals surface area (Å²) < 4.78 is 7.68. The van der Waals surface area contributed by atoms with Crippen LogP contribution in [-0.2, 0) is 16.1 Å². The first kappa shape index (κ1) is 17.4. The molecule has 0 saturated carbocycles. The molecule has 6 heteroatoms. The first-order valence-electron chi connectivity index (χ1n) is 9.27. The third-order valence-corrected chi connectivity index (χ3v) is 5.45. The number of ether oxygens (including phenoxy) is 1. The first-order chi connectivity index (χ1) is 11.7. The molecule has 134 valence electrons. The second kappa shape index (κ2) is 8.12. The molecular formula is C18H29N3O3. The molecule has 1 aromatic heterocycles. The number of aliphatic hydroxyl groups is 1. The van der Waals surface area contributed by atoms with Crippen molar-refractivity contribution in [2.45, 2.75) is 57.6 Å². The predicted molar refractivity (Wildman–Crippen MR) is 90.6 cm³/mol. The summed E-state index contributed by atoms with van der Waals surface area (Å²) in [5.41, 5.74) is 1.18. The van der Waals surface area contributed by atoms with Crippen molar-refractivity contribution in [1.82, 2.24) is 14.7 Å². The van der Waals surface area contributed by atoms with Crippen LogP contribution in [0.5, 0.6) is 0 Å². The number of amides is 1. The maximum absolute atomic E-state index is 12.9. The highest BCUT2D eigenvalue weighted by Crippen LogP contribution is 2.31. The van der Waals surface area contributed by atoms with Crippen molar-refractivity contribution in [3.05, 3.63) is 18.0 Å². The molecule has 1 N–H and O–H groups in total. The standard InChI is InChI=1S/C18H29N3O3/c1-2-17-15(4-3-13-24-17)18(23)20-9-6-14(7-10-20)16-5-8-19-21(16)11-12-22/h5,8,14-15,17,22H,2-4,6-7,9-13H2,1H3/t15-,17-/m0/s1. The van der Waals surface area contributed by atoms with Gasteiger partial charge >= 0.3 is 0 Å². The van der Waals surface area contributed by atoms with Crippen LogP contribution in [0.25, 0.3) is 0 Å². The van der Waals surface area contributed by atoms with Gasteiger partial charge in [-0.1, -0.05) is 6.92 Å². The monoisotopic (exact) mass is 335 g/mol. The average Bonchev–Trinajstić information content (AvgIpc) is 3.10. The van der Waals surface area contributed by atoms with Gasteiger partial charge < -0.3 is 14.7 Å². The van der Waals surface area contributed by atoms with Crippen LogP contribution >= 0.6 is 0 Å². The Kier molecular flexibility index (Phi) is 5.89. The van der Waals surface area contributed by atoms with E-state index in [9.17, 15) is 4.79 Å². The summed E-state index contributed by atoms with van der Waals surface area (Å²) in [5, 5.41) is 13.4. The predicted octanol–water partition coefficient (Wildman–Crippen LogP) is 1.79. The average molecular weight is 335 g/mol. The second-order valence-electron chi connectivity index (χ2n) is 6.87. The zero-order valence-corrected chi connectivity index (χ0v) is 14.6. The van der Waals surface area contributed by atoms with Crippen molar-refractivity contribution in [2.24, 2.45) is 5.92 Å². The molecule has 2 aliphatic rings. The van der Waals surface area contributed by atoms with Gasteiger partial charge in [-0.2, -0.15) is 5.10 Å². The van der Waals surface area contributed by atoms with Crippen molar-refractivity contribution in [2.75, 3.05) is 26.3 Å². The lowest BCUT2D eigenvalue weighted by Crippen LogP contribution is -2.46. The Morgan fingerprint density at radius 1 is 1.38 bits per heavy atom. The molecule has 0 spiro atoms. The molecule has 1 aromatic rings. The van der Waals surface area contributed by atoms with Crippen LogP contribution in [0, 0.1) is 5.92 Å². The molecule has 0 radical (unpaired) electrons. The molecule has 3 heterocycles. The molecule has 1 amide bonds. The highest BCUT2D eigenvalue weighted by Gasteiger charge is 2.35. The van der Waals surface area contributed by atoms with Gasteiger partial charge in [0.05, 0.1) is 25.2 Å². The van der Waals surface area contributed by atoms with Gasteiger partial charge in [0.15, 0.2) is 0 Å². The van der Waals surface area contributed by atoms with E-state index >= 15 is 0 Å². The number of nitrogens with zero attached hydrogens (tertiary/aromatic N) is 3. The van der Waals surface area contributed by atoms with Crippen LogP contribution in [0.2, 0.25) is 0 Å². The summed E-state index contributed by atoms with van der Waals surface area (Å²) >= 11 is 0. The number of hydrogen-bond acceptors (Lipinski definition) is 4. The fraction of sp³-hybridized carbons (Fsp3) is 0.778. The zero-order chi connectivity index (χ0) is 16.9. The van der Waals surface area contributed by atoms with Gasteiger partial charge in [0.2, 0.25) is 5.91 Å². The van der Waals surface area contributed by atoms with Crippen LogP contribution in [0.1, 0.15) is 50.6 Å². The Hall–Kier alpha value is -1.40. The number of carbonyl (C=O) groups excluding carboxylic acids is 1. The molecule has 2 saturated heterocycles. The Morgan fingerprint density at radius 3 is 2.88 bits per heavy atom. The molecule has 2 atom stereocenters. The lowest BCUT2D eigenvalue weighted by Gasteiger charge is -2.38. The van der Waals surface area contributed by atoms with Gasteiger partial charge in [-0.25, -0.2) is 0 Å². The topological polar surface area (TPSA) is 67.6 Å². The summed E-state index contributed by atoms with van der Waals surface area (Å²) in [5.74, 6) is 0.747. The summed E-state index contributed by atoms with van der Waals surface area (Å²) in [7, 11) is 0.